The molecule has 0 radical (unpaired) electrons. The van der Waals surface area contributed by atoms with Crippen LogP contribution >= 0.6 is 0 Å². The van der Waals surface area contributed by atoms with Crippen molar-refractivity contribution in [1.29, 1.82) is 0 Å². The maximum absolute atomic E-state index is 12.3. The monoisotopic (exact) mass is 389 g/mol. The van der Waals surface area contributed by atoms with Crippen LogP contribution in [0.25, 0.3) is 6.08 Å². The molecule has 1 aliphatic carbocycles. The Balaban J connectivity index is 1.89. The molecule has 0 bridgehead atoms. The molecule has 6 nitrogen and oxygen atoms in total. The van der Waals surface area contributed by atoms with E-state index in [9.17, 15) is 9.59 Å². The molecule has 0 saturated heterocycles. The van der Waals surface area contributed by atoms with Gasteiger partial charge in [0.2, 0.25) is 0 Å². The average molecular weight is 389 g/mol. The van der Waals surface area contributed by atoms with E-state index in [4.69, 9.17) is 14.2 Å². The Bertz CT molecular complexity index is 700. The number of esters is 1. The molecule has 0 spiro atoms. The van der Waals surface area contributed by atoms with Gasteiger partial charge in [-0.2, -0.15) is 0 Å². The fraction of sp³-hybridized carbons (Fsp3) is 0.545. The van der Waals surface area contributed by atoms with Crippen molar-refractivity contribution in [1.82, 2.24) is 5.32 Å². The molecule has 154 valence electrons. The van der Waals surface area contributed by atoms with E-state index in [0.29, 0.717) is 24.0 Å². The molecule has 1 saturated carbocycles. The molecular weight excluding hydrogens is 358 g/mol. The van der Waals surface area contributed by atoms with Crippen LogP contribution < -0.4 is 14.8 Å². The number of hydrogen-bond donors (Lipinski definition) is 1. The molecule has 1 N–H and O–H groups in total. The van der Waals surface area contributed by atoms with Gasteiger partial charge in [0.15, 0.2) is 17.6 Å². The summed E-state index contributed by atoms with van der Waals surface area (Å²) in [4.78, 5) is 24.4. The quantitative estimate of drug-likeness (QED) is 0.542. The highest BCUT2D eigenvalue weighted by Crippen LogP contribution is 2.28. The second-order valence-corrected chi connectivity index (χ2v) is 7.13. The zero-order chi connectivity index (χ0) is 20.5. The van der Waals surface area contributed by atoms with Crippen molar-refractivity contribution >= 4 is 18.0 Å². The molecule has 1 aromatic rings. The molecule has 6 heteroatoms. The van der Waals surface area contributed by atoms with Crippen LogP contribution in [-0.2, 0) is 14.3 Å². The number of hydrogen-bond acceptors (Lipinski definition) is 5. The van der Waals surface area contributed by atoms with E-state index >= 15 is 0 Å². The first-order chi connectivity index (χ1) is 13.4. The lowest BCUT2D eigenvalue weighted by atomic mass is 9.86. The second-order valence-electron chi connectivity index (χ2n) is 7.13. The van der Waals surface area contributed by atoms with Crippen LogP contribution in [0.2, 0.25) is 0 Å². The third kappa shape index (κ3) is 6.29. The Morgan fingerprint density at radius 2 is 2.00 bits per heavy atom. The Hall–Kier alpha value is -2.50. The van der Waals surface area contributed by atoms with Gasteiger partial charge in [-0.15, -0.1) is 0 Å². The third-order valence-electron chi connectivity index (χ3n) is 5.00. The van der Waals surface area contributed by atoms with Gasteiger partial charge in [-0.3, -0.25) is 4.79 Å². The van der Waals surface area contributed by atoms with E-state index in [1.807, 2.05) is 13.0 Å². The summed E-state index contributed by atoms with van der Waals surface area (Å²) >= 11 is 0. The van der Waals surface area contributed by atoms with Gasteiger partial charge < -0.3 is 19.5 Å². The number of ether oxygens (including phenoxy) is 3. The maximum atomic E-state index is 12.3. The molecule has 1 aliphatic rings. The van der Waals surface area contributed by atoms with Crippen molar-refractivity contribution in [2.75, 3.05) is 13.7 Å². The van der Waals surface area contributed by atoms with Gasteiger partial charge in [0.25, 0.3) is 5.91 Å². The van der Waals surface area contributed by atoms with Crippen LogP contribution in [0.3, 0.4) is 0 Å². The predicted molar refractivity (Wildman–Crippen MR) is 108 cm³/mol. The van der Waals surface area contributed by atoms with Crippen LogP contribution in [0, 0.1) is 5.92 Å². The molecular formula is C22H31NO5. The van der Waals surface area contributed by atoms with Gasteiger partial charge in [-0.05, 0) is 56.4 Å². The second kappa shape index (κ2) is 10.7. The van der Waals surface area contributed by atoms with Gasteiger partial charge in [0.1, 0.15) is 0 Å². The average Bonchev–Trinajstić information content (AvgIpc) is 2.69. The minimum atomic E-state index is -0.832. The highest BCUT2D eigenvalue weighted by Gasteiger charge is 2.25. The maximum Gasteiger partial charge on any atom is 0.331 e. The molecule has 1 aromatic carbocycles. The van der Waals surface area contributed by atoms with Gasteiger partial charge in [0, 0.05) is 12.1 Å². The number of rotatable bonds is 8. The Morgan fingerprint density at radius 3 is 2.68 bits per heavy atom. The van der Waals surface area contributed by atoms with Crippen molar-refractivity contribution in [3.05, 3.63) is 29.8 Å². The Morgan fingerprint density at radius 1 is 1.25 bits per heavy atom. The van der Waals surface area contributed by atoms with Gasteiger partial charge >= 0.3 is 5.97 Å². The summed E-state index contributed by atoms with van der Waals surface area (Å²) in [5.41, 5.74) is 0.769. The van der Waals surface area contributed by atoms with E-state index in [0.717, 1.165) is 24.8 Å². The van der Waals surface area contributed by atoms with Gasteiger partial charge in [0.05, 0.1) is 13.7 Å². The molecule has 0 aliphatic heterocycles. The minimum Gasteiger partial charge on any atom is -0.493 e. The zero-order valence-electron chi connectivity index (χ0n) is 17.2. The van der Waals surface area contributed by atoms with Crippen LogP contribution in [0.15, 0.2) is 24.3 Å². The summed E-state index contributed by atoms with van der Waals surface area (Å²) in [6.07, 6.45) is 6.52. The molecule has 0 aromatic heterocycles. The highest BCUT2D eigenvalue weighted by atomic mass is 16.5. The number of nitrogens with one attached hydrogen (secondary N) is 1. The topological polar surface area (TPSA) is 73.9 Å². The van der Waals surface area contributed by atoms with Crippen molar-refractivity contribution in [3.8, 4) is 11.5 Å². The summed E-state index contributed by atoms with van der Waals surface area (Å²) < 4.78 is 16.0. The number of methoxy groups -OCH3 is 1. The van der Waals surface area contributed by atoms with Crippen LogP contribution in [0.1, 0.15) is 52.0 Å². The van der Waals surface area contributed by atoms with Gasteiger partial charge in [-0.25, -0.2) is 4.79 Å². The molecule has 0 heterocycles. The largest absolute Gasteiger partial charge is 0.493 e. The van der Waals surface area contributed by atoms with Crippen molar-refractivity contribution in [2.45, 2.75) is 58.6 Å². The van der Waals surface area contributed by atoms with Crippen LogP contribution in [0.4, 0.5) is 0 Å². The summed E-state index contributed by atoms with van der Waals surface area (Å²) in [6, 6.07) is 5.54. The van der Waals surface area contributed by atoms with Crippen molar-refractivity contribution in [3.63, 3.8) is 0 Å². The third-order valence-corrected chi connectivity index (χ3v) is 5.00. The lowest BCUT2D eigenvalue weighted by Crippen LogP contribution is -2.45. The Labute approximate surface area is 167 Å². The zero-order valence-corrected chi connectivity index (χ0v) is 17.2. The smallest absolute Gasteiger partial charge is 0.331 e. The highest BCUT2D eigenvalue weighted by molar-refractivity contribution is 5.90. The summed E-state index contributed by atoms with van der Waals surface area (Å²) in [7, 11) is 1.56. The van der Waals surface area contributed by atoms with Crippen molar-refractivity contribution < 1.29 is 23.8 Å². The normalized spacial score (nSPS) is 20.4. The number of amides is 1. The number of carbonyl (C=O) groups excluding carboxylic acids is 2. The number of benzene rings is 1. The standard InChI is InChI=1S/C22H31NO5/c1-5-27-19-12-10-17(14-20(19)26-4)11-13-21(24)28-16(3)22(25)23-18-9-7-6-8-15(18)2/h10-16,18H,5-9H2,1-4H3,(H,23,25)/b13-11+/t15-,16-,18-/m1/s1. The first-order valence-corrected chi connectivity index (χ1v) is 9.94. The van der Waals surface area contributed by atoms with E-state index in [2.05, 4.69) is 12.2 Å². The van der Waals surface area contributed by atoms with E-state index in [1.54, 1.807) is 32.2 Å². The molecule has 1 fully saturated rings. The summed E-state index contributed by atoms with van der Waals surface area (Å²) in [6.45, 7) is 6.18. The summed E-state index contributed by atoms with van der Waals surface area (Å²) in [5, 5.41) is 3.01. The van der Waals surface area contributed by atoms with Crippen LogP contribution in [-0.4, -0.2) is 37.7 Å². The van der Waals surface area contributed by atoms with E-state index < -0.39 is 12.1 Å². The van der Waals surface area contributed by atoms with E-state index in [-0.39, 0.29) is 11.9 Å². The fourth-order valence-corrected chi connectivity index (χ4v) is 3.32. The number of carbonyl (C=O) groups is 2. The minimum absolute atomic E-state index is 0.161. The molecule has 2 rings (SSSR count). The van der Waals surface area contributed by atoms with E-state index in [1.165, 1.54) is 12.5 Å². The molecule has 3 atom stereocenters. The molecule has 0 unspecified atom stereocenters. The first kappa shape index (κ1) is 21.8. The SMILES string of the molecule is CCOc1ccc(/C=C/C(=O)O[C@H](C)C(=O)N[C@@H]2CCCC[C@H]2C)cc1OC. The van der Waals surface area contributed by atoms with Gasteiger partial charge in [-0.1, -0.05) is 25.8 Å². The Kier molecular flexibility index (Phi) is 8.36. The van der Waals surface area contributed by atoms with Crippen LogP contribution in [0.5, 0.6) is 11.5 Å². The molecule has 1 amide bonds. The molecule has 28 heavy (non-hydrogen) atoms. The van der Waals surface area contributed by atoms with Crippen molar-refractivity contribution in [2.24, 2.45) is 5.92 Å². The first-order valence-electron chi connectivity index (χ1n) is 9.94. The summed E-state index contributed by atoms with van der Waals surface area (Å²) in [5.74, 6) is 0.879. The lowest BCUT2D eigenvalue weighted by molar-refractivity contribution is -0.150. The lowest BCUT2D eigenvalue weighted by Gasteiger charge is -2.30. The fourth-order valence-electron chi connectivity index (χ4n) is 3.32. The predicted octanol–water partition coefficient (Wildman–Crippen LogP) is 3.73.